The average molecular weight is 350 g/mol. The monoisotopic (exact) mass is 349 g/mol. The third-order valence-electron chi connectivity index (χ3n) is 3.39. The Morgan fingerprint density at radius 1 is 1.27 bits per heavy atom. The summed E-state index contributed by atoms with van der Waals surface area (Å²) in [6, 6.07) is 8.07. The van der Waals surface area contributed by atoms with Gasteiger partial charge in [0.1, 0.15) is 5.01 Å². The van der Waals surface area contributed by atoms with E-state index in [2.05, 4.69) is 29.5 Å². The number of halogens is 1. The van der Waals surface area contributed by atoms with E-state index in [1.165, 1.54) is 4.88 Å². The lowest BCUT2D eigenvalue weighted by molar-refractivity contribution is 0.574. The van der Waals surface area contributed by atoms with Crippen molar-refractivity contribution in [1.29, 1.82) is 0 Å². The van der Waals surface area contributed by atoms with Gasteiger partial charge in [-0.2, -0.15) is 0 Å². The van der Waals surface area contributed by atoms with Gasteiger partial charge in [0.15, 0.2) is 0 Å². The molecule has 0 unspecified atom stereocenters. The van der Waals surface area contributed by atoms with Crippen LogP contribution in [-0.4, -0.2) is 9.97 Å². The van der Waals surface area contributed by atoms with Crippen LogP contribution in [0.2, 0.25) is 5.02 Å². The zero-order chi connectivity index (χ0) is 15.5. The van der Waals surface area contributed by atoms with Crippen LogP contribution in [-0.2, 0) is 6.54 Å². The van der Waals surface area contributed by atoms with Gasteiger partial charge in [-0.1, -0.05) is 23.7 Å². The maximum absolute atomic E-state index is 5.94. The normalized spacial score (nSPS) is 12.5. The maximum atomic E-state index is 5.94. The molecule has 0 amide bonds. The van der Waals surface area contributed by atoms with Gasteiger partial charge >= 0.3 is 0 Å². The van der Waals surface area contributed by atoms with Crippen LogP contribution in [0.1, 0.15) is 29.2 Å². The second kappa shape index (κ2) is 6.87. The second-order valence-corrected chi connectivity index (χ2v) is 7.24. The zero-order valence-corrected chi connectivity index (χ0v) is 14.7. The molecule has 1 aromatic carbocycles. The molecule has 1 atom stereocenters. The van der Waals surface area contributed by atoms with E-state index < -0.39 is 0 Å². The molecule has 0 spiro atoms. The van der Waals surface area contributed by atoms with Crippen molar-refractivity contribution in [2.24, 2.45) is 0 Å². The number of nitrogens with zero attached hydrogens (tertiary/aromatic N) is 2. The van der Waals surface area contributed by atoms with Crippen LogP contribution in [0, 0.1) is 6.92 Å². The summed E-state index contributed by atoms with van der Waals surface area (Å²) in [5.74, 6) is 0. The number of thiazole rings is 2. The molecular formula is C16H16ClN3S2. The summed E-state index contributed by atoms with van der Waals surface area (Å²) in [4.78, 5) is 10.3. The lowest BCUT2D eigenvalue weighted by Crippen LogP contribution is -2.18. The fourth-order valence-corrected chi connectivity index (χ4v) is 3.98. The van der Waals surface area contributed by atoms with E-state index in [1.54, 1.807) is 22.7 Å². The summed E-state index contributed by atoms with van der Waals surface area (Å²) < 4.78 is 0. The lowest BCUT2D eigenvalue weighted by atomic mass is 10.2. The smallest absolute Gasteiger partial charge is 0.123 e. The van der Waals surface area contributed by atoms with E-state index in [1.807, 2.05) is 29.8 Å². The Balaban J connectivity index is 1.75. The van der Waals surface area contributed by atoms with Gasteiger partial charge in [0.2, 0.25) is 0 Å². The molecule has 3 aromatic rings. The molecular weight excluding hydrogens is 334 g/mol. The SMILES string of the molecule is Cc1nc(-c2ccc(Cl)cc2)sc1[C@@H](C)NCc1cscn1. The van der Waals surface area contributed by atoms with Crippen molar-refractivity contribution in [3.05, 3.63) is 56.4 Å². The molecule has 0 aliphatic heterocycles. The van der Waals surface area contributed by atoms with Gasteiger partial charge in [-0.05, 0) is 26.0 Å². The third kappa shape index (κ3) is 3.55. The predicted octanol–water partition coefficient (Wildman–Crippen LogP) is 5.08. The van der Waals surface area contributed by atoms with Crippen molar-refractivity contribution in [3.63, 3.8) is 0 Å². The first-order chi connectivity index (χ1) is 10.6. The van der Waals surface area contributed by atoms with Crippen molar-refractivity contribution >= 4 is 34.3 Å². The van der Waals surface area contributed by atoms with Gasteiger partial charge in [0.25, 0.3) is 0 Å². The zero-order valence-electron chi connectivity index (χ0n) is 12.3. The fraction of sp³-hybridized carbons (Fsp3) is 0.250. The third-order valence-corrected chi connectivity index (χ3v) is 5.67. The minimum Gasteiger partial charge on any atom is -0.304 e. The average Bonchev–Trinajstić information content (AvgIpc) is 3.15. The molecule has 22 heavy (non-hydrogen) atoms. The summed E-state index contributed by atoms with van der Waals surface area (Å²) in [5.41, 5.74) is 5.12. The topological polar surface area (TPSA) is 37.8 Å². The van der Waals surface area contributed by atoms with Gasteiger partial charge in [0.05, 0.1) is 16.9 Å². The number of aromatic nitrogens is 2. The van der Waals surface area contributed by atoms with Crippen molar-refractivity contribution < 1.29 is 0 Å². The molecule has 3 rings (SSSR count). The van der Waals surface area contributed by atoms with Crippen molar-refractivity contribution in [1.82, 2.24) is 15.3 Å². The second-order valence-electron chi connectivity index (χ2n) is 5.06. The Hall–Kier alpha value is -1.27. The molecule has 0 aliphatic carbocycles. The minimum absolute atomic E-state index is 0.250. The number of rotatable bonds is 5. The number of hydrogen-bond donors (Lipinski definition) is 1. The molecule has 2 aromatic heterocycles. The maximum Gasteiger partial charge on any atom is 0.123 e. The molecule has 0 radical (unpaired) electrons. The highest BCUT2D eigenvalue weighted by Gasteiger charge is 2.15. The van der Waals surface area contributed by atoms with Crippen LogP contribution in [0.15, 0.2) is 35.2 Å². The highest BCUT2D eigenvalue weighted by molar-refractivity contribution is 7.15. The van der Waals surface area contributed by atoms with Gasteiger partial charge in [0, 0.05) is 33.4 Å². The fourth-order valence-electron chi connectivity index (χ4n) is 2.20. The number of nitrogens with one attached hydrogen (secondary N) is 1. The van der Waals surface area contributed by atoms with Gasteiger partial charge in [-0.15, -0.1) is 22.7 Å². The van der Waals surface area contributed by atoms with Gasteiger partial charge in [-0.25, -0.2) is 9.97 Å². The first kappa shape index (κ1) is 15.6. The summed E-state index contributed by atoms with van der Waals surface area (Å²) in [7, 11) is 0. The Bertz CT molecular complexity index is 735. The van der Waals surface area contributed by atoms with Crippen LogP contribution in [0.4, 0.5) is 0 Å². The van der Waals surface area contributed by atoms with Gasteiger partial charge in [-0.3, -0.25) is 0 Å². The molecule has 114 valence electrons. The van der Waals surface area contributed by atoms with E-state index in [0.717, 1.165) is 33.5 Å². The predicted molar refractivity (Wildman–Crippen MR) is 94.7 cm³/mol. The molecule has 3 nitrogen and oxygen atoms in total. The van der Waals surface area contributed by atoms with E-state index in [-0.39, 0.29) is 6.04 Å². The number of benzene rings is 1. The largest absolute Gasteiger partial charge is 0.304 e. The summed E-state index contributed by atoms with van der Waals surface area (Å²) in [6.07, 6.45) is 0. The molecule has 6 heteroatoms. The minimum atomic E-state index is 0.250. The molecule has 0 fully saturated rings. The number of hydrogen-bond acceptors (Lipinski definition) is 5. The molecule has 0 saturated heterocycles. The Kier molecular flexibility index (Phi) is 4.88. The molecule has 0 aliphatic rings. The molecule has 2 heterocycles. The van der Waals surface area contributed by atoms with Crippen LogP contribution in [0.5, 0.6) is 0 Å². The van der Waals surface area contributed by atoms with Crippen molar-refractivity contribution in [2.75, 3.05) is 0 Å². The summed E-state index contributed by atoms with van der Waals surface area (Å²) in [6.45, 7) is 5.00. The Morgan fingerprint density at radius 3 is 2.73 bits per heavy atom. The van der Waals surface area contributed by atoms with Crippen LogP contribution < -0.4 is 5.32 Å². The van der Waals surface area contributed by atoms with E-state index >= 15 is 0 Å². The lowest BCUT2D eigenvalue weighted by Gasteiger charge is -2.11. The highest BCUT2D eigenvalue weighted by atomic mass is 35.5. The van der Waals surface area contributed by atoms with E-state index in [9.17, 15) is 0 Å². The first-order valence-electron chi connectivity index (χ1n) is 6.97. The van der Waals surface area contributed by atoms with Crippen molar-refractivity contribution in [3.8, 4) is 10.6 Å². The molecule has 1 N–H and O–H groups in total. The number of aryl methyl sites for hydroxylation is 1. The standard InChI is InChI=1S/C16H16ClN3S2/c1-10(18-7-14-8-21-9-19-14)15-11(2)20-16(22-15)12-3-5-13(17)6-4-12/h3-6,8-10,18H,7H2,1-2H3/t10-/m1/s1. The Labute approximate surface area is 143 Å². The van der Waals surface area contributed by atoms with Crippen molar-refractivity contribution in [2.45, 2.75) is 26.4 Å². The van der Waals surface area contributed by atoms with Gasteiger partial charge < -0.3 is 5.32 Å². The Morgan fingerprint density at radius 2 is 2.05 bits per heavy atom. The molecule has 0 bridgehead atoms. The summed E-state index contributed by atoms with van der Waals surface area (Å²) in [5, 5.41) is 7.36. The quantitative estimate of drug-likeness (QED) is 0.698. The van der Waals surface area contributed by atoms with Crippen LogP contribution >= 0.6 is 34.3 Å². The van der Waals surface area contributed by atoms with E-state index in [4.69, 9.17) is 16.6 Å². The first-order valence-corrected chi connectivity index (χ1v) is 9.11. The van der Waals surface area contributed by atoms with E-state index in [0.29, 0.717) is 0 Å². The highest BCUT2D eigenvalue weighted by Crippen LogP contribution is 2.32. The summed E-state index contributed by atoms with van der Waals surface area (Å²) >= 11 is 9.29. The van der Waals surface area contributed by atoms with Crippen LogP contribution in [0.3, 0.4) is 0 Å². The van der Waals surface area contributed by atoms with Crippen LogP contribution in [0.25, 0.3) is 10.6 Å². The molecule has 0 saturated carbocycles.